The van der Waals surface area contributed by atoms with Crippen molar-refractivity contribution in [1.82, 2.24) is 9.80 Å². The third-order valence-corrected chi connectivity index (χ3v) is 4.42. The van der Waals surface area contributed by atoms with Gasteiger partial charge >= 0.3 is 0 Å². The topological polar surface area (TPSA) is 26.7 Å². The maximum Gasteiger partial charge on any atom is 0.120 e. The fourth-order valence-corrected chi connectivity index (χ4v) is 3.02. The molecule has 1 aromatic rings. The van der Waals surface area contributed by atoms with Gasteiger partial charge in [0.25, 0.3) is 0 Å². The molecule has 1 N–H and O–H groups in total. The first-order valence-electron chi connectivity index (χ1n) is 7.19. The molecule has 3 heteroatoms. The van der Waals surface area contributed by atoms with E-state index in [0.29, 0.717) is 11.8 Å². The minimum absolute atomic E-state index is 0.247. The van der Waals surface area contributed by atoms with E-state index in [1.165, 1.54) is 24.9 Å². The van der Waals surface area contributed by atoms with Crippen LogP contribution in [-0.4, -0.2) is 48.1 Å². The summed E-state index contributed by atoms with van der Waals surface area (Å²) in [7, 11) is 4.37. The highest BCUT2D eigenvalue weighted by molar-refractivity contribution is 5.37. The molecule has 3 nitrogen and oxygen atoms in total. The van der Waals surface area contributed by atoms with Crippen molar-refractivity contribution >= 4 is 0 Å². The number of aromatic hydroxyl groups is 1. The molecule has 2 rings (SSSR count). The summed E-state index contributed by atoms with van der Waals surface area (Å²) in [5.74, 6) is 0.411. The van der Waals surface area contributed by atoms with Gasteiger partial charge in [-0.15, -0.1) is 0 Å². The Labute approximate surface area is 116 Å². The molecule has 2 atom stereocenters. The Balaban J connectivity index is 2.13. The van der Waals surface area contributed by atoms with Crippen molar-refractivity contribution in [3.05, 3.63) is 29.3 Å². The zero-order chi connectivity index (χ0) is 14.0. The Morgan fingerprint density at radius 2 is 2.16 bits per heavy atom. The van der Waals surface area contributed by atoms with Crippen LogP contribution in [0.4, 0.5) is 0 Å². The average Bonchev–Trinajstić information content (AvgIpc) is 2.40. The molecule has 0 spiro atoms. The molecular formula is C16H26N2O. The Morgan fingerprint density at radius 1 is 1.42 bits per heavy atom. The van der Waals surface area contributed by atoms with Crippen LogP contribution in [0.25, 0.3) is 0 Å². The van der Waals surface area contributed by atoms with Crippen molar-refractivity contribution < 1.29 is 5.11 Å². The van der Waals surface area contributed by atoms with E-state index in [2.05, 4.69) is 43.8 Å². The van der Waals surface area contributed by atoms with Gasteiger partial charge in [0.2, 0.25) is 0 Å². The lowest BCUT2D eigenvalue weighted by Crippen LogP contribution is -2.45. The number of hydrogen-bond donors (Lipinski definition) is 1. The monoisotopic (exact) mass is 262 g/mol. The van der Waals surface area contributed by atoms with Crippen molar-refractivity contribution in [2.75, 3.05) is 27.2 Å². The second-order valence-corrected chi connectivity index (χ2v) is 5.96. The van der Waals surface area contributed by atoms with E-state index in [4.69, 9.17) is 0 Å². The first kappa shape index (κ1) is 14.4. The molecule has 1 fully saturated rings. The summed E-state index contributed by atoms with van der Waals surface area (Å²) in [5, 5.41) is 10.1. The first-order chi connectivity index (χ1) is 8.99. The van der Waals surface area contributed by atoms with Crippen LogP contribution in [-0.2, 0) is 0 Å². The van der Waals surface area contributed by atoms with Crippen molar-refractivity contribution in [1.29, 1.82) is 0 Å². The minimum Gasteiger partial charge on any atom is -0.508 e. The summed E-state index contributed by atoms with van der Waals surface area (Å²) in [5.41, 5.74) is 2.24. The standard InChI is InChI=1S/C16H26N2O/c1-12-7-8-16(19)15(10-12)13(2)18(4)14-6-5-9-17(3)11-14/h7-8,10,13-14,19H,5-6,9,11H2,1-4H3. The smallest absolute Gasteiger partial charge is 0.120 e. The Kier molecular flexibility index (Phi) is 4.48. The third kappa shape index (κ3) is 3.28. The van der Waals surface area contributed by atoms with Crippen molar-refractivity contribution in [3.63, 3.8) is 0 Å². The zero-order valence-electron chi connectivity index (χ0n) is 12.6. The number of likely N-dealkylation sites (tertiary alicyclic amines) is 1. The predicted octanol–water partition coefficient (Wildman–Crippen LogP) is 2.79. The Bertz CT molecular complexity index is 433. The summed E-state index contributed by atoms with van der Waals surface area (Å²) in [6.07, 6.45) is 2.51. The predicted molar refractivity (Wildman–Crippen MR) is 79.5 cm³/mol. The van der Waals surface area contributed by atoms with Crippen molar-refractivity contribution in [2.24, 2.45) is 0 Å². The summed E-state index contributed by atoms with van der Waals surface area (Å²) < 4.78 is 0. The van der Waals surface area contributed by atoms with Crippen LogP contribution in [0.15, 0.2) is 18.2 Å². The van der Waals surface area contributed by atoms with E-state index < -0.39 is 0 Å². The number of phenols is 1. The van der Waals surface area contributed by atoms with E-state index in [9.17, 15) is 5.11 Å². The largest absolute Gasteiger partial charge is 0.508 e. The van der Waals surface area contributed by atoms with Crippen LogP contribution in [0, 0.1) is 6.92 Å². The lowest BCUT2D eigenvalue weighted by molar-refractivity contribution is 0.104. The van der Waals surface area contributed by atoms with Crippen LogP contribution < -0.4 is 0 Å². The fraction of sp³-hybridized carbons (Fsp3) is 0.625. The van der Waals surface area contributed by atoms with E-state index in [1.807, 2.05) is 12.1 Å². The molecule has 19 heavy (non-hydrogen) atoms. The highest BCUT2D eigenvalue weighted by Gasteiger charge is 2.26. The van der Waals surface area contributed by atoms with Gasteiger partial charge in [-0.25, -0.2) is 0 Å². The van der Waals surface area contributed by atoms with Gasteiger partial charge in [0.15, 0.2) is 0 Å². The highest BCUT2D eigenvalue weighted by atomic mass is 16.3. The van der Waals surface area contributed by atoms with E-state index >= 15 is 0 Å². The summed E-state index contributed by atoms with van der Waals surface area (Å²) in [4.78, 5) is 4.80. The molecule has 1 heterocycles. The molecule has 1 aliphatic rings. The number of aryl methyl sites for hydroxylation is 1. The molecule has 1 aliphatic heterocycles. The van der Waals surface area contributed by atoms with Crippen molar-refractivity contribution in [3.8, 4) is 5.75 Å². The lowest BCUT2D eigenvalue weighted by Gasteiger charge is -2.39. The molecule has 0 radical (unpaired) electrons. The molecule has 1 aromatic carbocycles. The molecule has 2 unspecified atom stereocenters. The maximum absolute atomic E-state index is 10.1. The second-order valence-electron chi connectivity index (χ2n) is 5.96. The summed E-state index contributed by atoms with van der Waals surface area (Å²) >= 11 is 0. The molecule has 1 saturated heterocycles. The van der Waals surface area contributed by atoms with Crippen LogP contribution in [0.2, 0.25) is 0 Å². The number of hydrogen-bond acceptors (Lipinski definition) is 3. The van der Waals surface area contributed by atoms with Gasteiger partial charge in [0.05, 0.1) is 0 Å². The van der Waals surface area contributed by atoms with Gasteiger partial charge in [-0.3, -0.25) is 4.90 Å². The fourth-order valence-electron chi connectivity index (χ4n) is 3.02. The lowest BCUT2D eigenvalue weighted by atomic mass is 9.99. The van der Waals surface area contributed by atoms with Gasteiger partial charge in [-0.05, 0) is 53.4 Å². The van der Waals surface area contributed by atoms with Crippen molar-refractivity contribution in [2.45, 2.75) is 38.8 Å². The molecule has 0 saturated carbocycles. The second kappa shape index (κ2) is 5.93. The number of likely N-dealkylation sites (N-methyl/N-ethyl adjacent to an activating group) is 2. The molecule has 0 amide bonds. The highest BCUT2D eigenvalue weighted by Crippen LogP contribution is 2.31. The van der Waals surface area contributed by atoms with Crippen LogP contribution in [0.1, 0.15) is 36.9 Å². The number of benzene rings is 1. The Morgan fingerprint density at radius 3 is 2.84 bits per heavy atom. The van der Waals surface area contributed by atoms with Gasteiger partial charge < -0.3 is 10.0 Å². The third-order valence-electron chi connectivity index (χ3n) is 4.42. The zero-order valence-corrected chi connectivity index (χ0v) is 12.6. The minimum atomic E-state index is 0.247. The maximum atomic E-state index is 10.1. The average molecular weight is 262 g/mol. The number of phenolic OH excluding ortho intramolecular Hbond substituents is 1. The first-order valence-corrected chi connectivity index (χ1v) is 7.19. The normalized spacial score (nSPS) is 22.7. The Hall–Kier alpha value is -1.06. The molecule has 0 bridgehead atoms. The summed E-state index contributed by atoms with van der Waals surface area (Å²) in [6, 6.07) is 6.69. The molecule has 106 valence electrons. The van der Waals surface area contributed by atoms with E-state index in [1.54, 1.807) is 0 Å². The van der Waals surface area contributed by atoms with Crippen LogP contribution in [0.5, 0.6) is 5.75 Å². The quantitative estimate of drug-likeness (QED) is 0.907. The van der Waals surface area contributed by atoms with E-state index in [0.717, 1.165) is 12.1 Å². The number of rotatable bonds is 3. The van der Waals surface area contributed by atoms with Gasteiger partial charge in [0, 0.05) is 24.2 Å². The molecule has 0 aliphatic carbocycles. The van der Waals surface area contributed by atoms with Crippen LogP contribution >= 0.6 is 0 Å². The SMILES string of the molecule is Cc1ccc(O)c(C(C)N(C)C2CCCN(C)C2)c1. The van der Waals surface area contributed by atoms with Gasteiger partial charge in [-0.2, -0.15) is 0 Å². The van der Waals surface area contributed by atoms with Gasteiger partial charge in [0.1, 0.15) is 5.75 Å². The van der Waals surface area contributed by atoms with Gasteiger partial charge in [-0.1, -0.05) is 17.7 Å². The van der Waals surface area contributed by atoms with E-state index in [-0.39, 0.29) is 6.04 Å². The molecular weight excluding hydrogens is 236 g/mol. The summed E-state index contributed by atoms with van der Waals surface area (Å²) in [6.45, 7) is 6.58. The number of nitrogens with zero attached hydrogens (tertiary/aromatic N) is 2. The number of piperidine rings is 1. The van der Waals surface area contributed by atoms with Crippen LogP contribution in [0.3, 0.4) is 0 Å². The molecule has 0 aromatic heterocycles.